The number of carbonyl (C=O) groups is 1. The molecule has 0 bridgehead atoms. The third kappa shape index (κ3) is 3.93. The van der Waals surface area contributed by atoms with Gasteiger partial charge in [-0.1, -0.05) is 0 Å². The molecule has 0 spiro atoms. The first kappa shape index (κ1) is 13.8. The zero-order valence-corrected chi connectivity index (χ0v) is 10.0. The lowest BCUT2D eigenvalue weighted by Crippen LogP contribution is -2.09. The van der Waals surface area contributed by atoms with E-state index in [4.69, 9.17) is 16.3 Å². The fourth-order valence-electron chi connectivity index (χ4n) is 1.33. The van der Waals surface area contributed by atoms with E-state index in [1.165, 1.54) is 6.07 Å². The molecular formula is C11H12ClF2NO2. The predicted molar refractivity (Wildman–Crippen MR) is 59.1 cm³/mol. The lowest BCUT2D eigenvalue weighted by molar-refractivity contribution is -0.142. The van der Waals surface area contributed by atoms with Crippen LogP contribution in [0.25, 0.3) is 0 Å². The summed E-state index contributed by atoms with van der Waals surface area (Å²) in [6.07, 6.45) is -1.61. The van der Waals surface area contributed by atoms with E-state index in [0.717, 1.165) is 6.20 Å². The maximum atomic E-state index is 12.5. The van der Waals surface area contributed by atoms with Gasteiger partial charge in [0.05, 0.1) is 18.7 Å². The summed E-state index contributed by atoms with van der Waals surface area (Å²) in [6.45, 7) is 1.96. The molecule has 0 fully saturated rings. The van der Waals surface area contributed by atoms with Crippen molar-refractivity contribution in [2.24, 2.45) is 0 Å². The number of rotatable bonds is 5. The number of pyridine rings is 1. The Morgan fingerprint density at radius 2 is 2.29 bits per heavy atom. The van der Waals surface area contributed by atoms with Crippen molar-refractivity contribution in [2.45, 2.75) is 25.7 Å². The van der Waals surface area contributed by atoms with Crippen LogP contribution in [-0.4, -0.2) is 17.6 Å². The van der Waals surface area contributed by atoms with Gasteiger partial charge < -0.3 is 4.74 Å². The summed E-state index contributed by atoms with van der Waals surface area (Å²) in [4.78, 5) is 15.0. The van der Waals surface area contributed by atoms with Gasteiger partial charge in [-0.15, -0.1) is 11.6 Å². The van der Waals surface area contributed by atoms with E-state index >= 15 is 0 Å². The number of ether oxygens (including phenoxy) is 1. The molecule has 0 atom stereocenters. The van der Waals surface area contributed by atoms with Crippen LogP contribution in [0.2, 0.25) is 0 Å². The molecule has 0 aromatic carbocycles. The van der Waals surface area contributed by atoms with E-state index in [1.54, 1.807) is 6.92 Å². The third-order valence-corrected chi connectivity index (χ3v) is 2.38. The number of carbonyl (C=O) groups excluding carboxylic acids is 1. The van der Waals surface area contributed by atoms with Gasteiger partial charge in [-0.2, -0.15) is 0 Å². The Morgan fingerprint density at radius 1 is 1.59 bits per heavy atom. The Balaban J connectivity index is 2.86. The molecule has 0 amide bonds. The molecule has 1 aromatic heterocycles. The van der Waals surface area contributed by atoms with Crippen LogP contribution in [0.15, 0.2) is 12.3 Å². The Bertz CT molecular complexity index is 399. The molecule has 0 unspecified atom stereocenters. The van der Waals surface area contributed by atoms with E-state index in [0.29, 0.717) is 5.69 Å². The topological polar surface area (TPSA) is 39.2 Å². The average Bonchev–Trinajstić information content (AvgIpc) is 2.28. The van der Waals surface area contributed by atoms with Gasteiger partial charge in [0.25, 0.3) is 6.43 Å². The minimum Gasteiger partial charge on any atom is -0.466 e. The summed E-state index contributed by atoms with van der Waals surface area (Å²) in [6, 6.07) is 1.41. The second kappa shape index (κ2) is 6.49. The maximum Gasteiger partial charge on any atom is 0.311 e. The molecule has 0 aliphatic carbocycles. The van der Waals surface area contributed by atoms with E-state index < -0.39 is 12.4 Å². The van der Waals surface area contributed by atoms with Crippen molar-refractivity contribution < 1.29 is 18.3 Å². The fraction of sp³-hybridized carbons (Fsp3) is 0.455. The highest BCUT2D eigenvalue weighted by atomic mass is 35.5. The molecule has 17 heavy (non-hydrogen) atoms. The highest BCUT2D eigenvalue weighted by molar-refractivity contribution is 6.17. The van der Waals surface area contributed by atoms with Crippen molar-refractivity contribution in [2.75, 3.05) is 6.61 Å². The lowest BCUT2D eigenvalue weighted by Gasteiger charge is -2.08. The standard InChI is InChI=1S/C11H12ClF2NO2/c1-2-17-10(16)4-8-3-7(5-12)9(6-15-8)11(13)14/h3,6,11H,2,4-5H2,1H3. The van der Waals surface area contributed by atoms with Crippen molar-refractivity contribution in [3.8, 4) is 0 Å². The number of aromatic nitrogens is 1. The van der Waals surface area contributed by atoms with Gasteiger partial charge in [0, 0.05) is 17.6 Å². The summed E-state index contributed by atoms with van der Waals surface area (Å²) in [5.41, 5.74) is 0.465. The van der Waals surface area contributed by atoms with Gasteiger partial charge >= 0.3 is 5.97 Å². The number of nitrogens with zero attached hydrogens (tertiary/aromatic N) is 1. The molecule has 0 aliphatic heterocycles. The smallest absolute Gasteiger partial charge is 0.311 e. The minimum absolute atomic E-state index is 0.0404. The highest BCUT2D eigenvalue weighted by Gasteiger charge is 2.15. The first-order chi connectivity index (χ1) is 8.08. The summed E-state index contributed by atoms with van der Waals surface area (Å²) >= 11 is 5.57. The quantitative estimate of drug-likeness (QED) is 0.606. The van der Waals surface area contributed by atoms with Crippen LogP contribution in [0.3, 0.4) is 0 Å². The molecule has 0 N–H and O–H groups in total. The van der Waals surface area contributed by atoms with E-state index in [1.807, 2.05) is 0 Å². The first-order valence-corrected chi connectivity index (χ1v) is 5.59. The van der Waals surface area contributed by atoms with Crippen LogP contribution in [0.1, 0.15) is 30.2 Å². The van der Waals surface area contributed by atoms with Crippen molar-refractivity contribution in [3.05, 3.63) is 29.1 Å². The Kier molecular flexibility index (Phi) is 5.28. The molecule has 94 valence electrons. The van der Waals surface area contributed by atoms with Crippen molar-refractivity contribution in [1.29, 1.82) is 0 Å². The second-order valence-electron chi connectivity index (χ2n) is 3.29. The number of halogens is 3. The minimum atomic E-state index is -2.62. The van der Waals surface area contributed by atoms with Crippen molar-refractivity contribution in [3.63, 3.8) is 0 Å². The van der Waals surface area contributed by atoms with Gasteiger partial charge in [0.1, 0.15) is 0 Å². The Hall–Kier alpha value is -1.23. The SMILES string of the molecule is CCOC(=O)Cc1cc(CCl)c(C(F)F)cn1. The van der Waals surface area contributed by atoms with Gasteiger partial charge in [0.15, 0.2) is 0 Å². The van der Waals surface area contributed by atoms with Crippen LogP contribution in [0.4, 0.5) is 8.78 Å². The maximum absolute atomic E-state index is 12.5. The van der Waals surface area contributed by atoms with Gasteiger partial charge in [-0.25, -0.2) is 8.78 Å². The summed E-state index contributed by atoms with van der Waals surface area (Å²) < 4.78 is 29.8. The van der Waals surface area contributed by atoms with Crippen LogP contribution >= 0.6 is 11.6 Å². The summed E-state index contributed by atoms with van der Waals surface area (Å²) in [5, 5.41) is 0. The Labute approximate surface area is 103 Å². The third-order valence-electron chi connectivity index (χ3n) is 2.09. The monoisotopic (exact) mass is 263 g/mol. The zero-order valence-electron chi connectivity index (χ0n) is 9.25. The number of hydrogen-bond donors (Lipinski definition) is 0. The molecule has 0 saturated heterocycles. The largest absolute Gasteiger partial charge is 0.466 e. The first-order valence-electron chi connectivity index (χ1n) is 5.05. The van der Waals surface area contributed by atoms with E-state index in [2.05, 4.69) is 4.98 Å². The lowest BCUT2D eigenvalue weighted by atomic mass is 10.1. The fourth-order valence-corrected chi connectivity index (χ4v) is 1.56. The molecule has 6 heteroatoms. The normalized spacial score (nSPS) is 10.6. The van der Waals surface area contributed by atoms with E-state index in [9.17, 15) is 13.6 Å². The van der Waals surface area contributed by atoms with Gasteiger partial charge in [-0.3, -0.25) is 9.78 Å². The molecule has 0 saturated carbocycles. The molecular weight excluding hydrogens is 252 g/mol. The van der Waals surface area contributed by atoms with Crippen LogP contribution in [0.5, 0.6) is 0 Å². The summed E-state index contributed by atoms with van der Waals surface area (Å²) in [7, 11) is 0. The number of alkyl halides is 3. The zero-order chi connectivity index (χ0) is 12.8. The molecule has 0 aliphatic rings. The second-order valence-corrected chi connectivity index (χ2v) is 3.56. The Morgan fingerprint density at radius 3 is 2.82 bits per heavy atom. The molecule has 3 nitrogen and oxygen atoms in total. The van der Waals surface area contributed by atoms with Crippen LogP contribution < -0.4 is 0 Å². The van der Waals surface area contributed by atoms with E-state index in [-0.39, 0.29) is 30.0 Å². The average molecular weight is 264 g/mol. The van der Waals surface area contributed by atoms with Gasteiger partial charge in [0.2, 0.25) is 0 Å². The molecule has 0 radical (unpaired) electrons. The summed E-state index contributed by atoms with van der Waals surface area (Å²) in [5.74, 6) is -0.483. The molecule has 1 aromatic rings. The van der Waals surface area contributed by atoms with Gasteiger partial charge in [-0.05, 0) is 18.6 Å². The van der Waals surface area contributed by atoms with Crippen molar-refractivity contribution >= 4 is 17.6 Å². The van der Waals surface area contributed by atoms with Crippen LogP contribution in [0, 0.1) is 0 Å². The predicted octanol–water partition coefficient (Wildman–Crippen LogP) is 2.86. The molecule has 1 heterocycles. The number of hydrogen-bond acceptors (Lipinski definition) is 3. The molecule has 1 rings (SSSR count). The highest BCUT2D eigenvalue weighted by Crippen LogP contribution is 2.24. The van der Waals surface area contributed by atoms with Crippen LogP contribution in [-0.2, 0) is 21.8 Å². The number of esters is 1. The van der Waals surface area contributed by atoms with Crippen molar-refractivity contribution in [1.82, 2.24) is 4.98 Å².